The fourth-order valence-electron chi connectivity index (χ4n) is 4.42. The van der Waals surface area contributed by atoms with E-state index >= 15 is 0 Å². The van der Waals surface area contributed by atoms with Crippen molar-refractivity contribution in [2.24, 2.45) is 0 Å². The molecule has 0 spiro atoms. The minimum Gasteiger partial charge on any atom is -0.468 e. The lowest BCUT2D eigenvalue weighted by Gasteiger charge is -2.43. The van der Waals surface area contributed by atoms with Crippen molar-refractivity contribution in [1.29, 1.82) is 0 Å². The molecule has 3 saturated heterocycles. The summed E-state index contributed by atoms with van der Waals surface area (Å²) in [6.45, 7) is 7.87. The molecule has 0 saturated carbocycles. The highest BCUT2D eigenvalue weighted by Crippen LogP contribution is 2.27. The second kappa shape index (κ2) is 10.3. The van der Waals surface area contributed by atoms with Crippen molar-refractivity contribution in [2.45, 2.75) is 64.0 Å². The molecule has 0 radical (unpaired) electrons. The number of nitrogens with one attached hydrogen (secondary N) is 2. The fourth-order valence-corrected chi connectivity index (χ4v) is 4.42. The van der Waals surface area contributed by atoms with Gasteiger partial charge >= 0.3 is 6.03 Å². The van der Waals surface area contributed by atoms with Crippen molar-refractivity contribution in [3.63, 3.8) is 0 Å². The van der Waals surface area contributed by atoms with E-state index in [4.69, 9.17) is 9.47 Å². The van der Waals surface area contributed by atoms with Crippen molar-refractivity contribution in [3.8, 4) is 0 Å². The number of hydrazine groups is 2. The maximum absolute atomic E-state index is 13.5. The van der Waals surface area contributed by atoms with E-state index in [0.29, 0.717) is 37.1 Å². The number of fused-ring (bicyclic) bond motifs is 1. The highest BCUT2D eigenvalue weighted by Gasteiger charge is 2.45. The first-order valence-electron chi connectivity index (χ1n) is 11.8. The summed E-state index contributed by atoms with van der Waals surface area (Å²) < 4.78 is 11.4. The molecule has 188 valence electrons. The summed E-state index contributed by atoms with van der Waals surface area (Å²) >= 11 is 0. The van der Waals surface area contributed by atoms with Crippen LogP contribution in [-0.2, 0) is 19.1 Å². The van der Waals surface area contributed by atoms with Crippen LogP contribution in [-0.4, -0.2) is 76.3 Å². The Morgan fingerprint density at radius 2 is 1.91 bits per heavy atom. The van der Waals surface area contributed by atoms with Gasteiger partial charge in [0.1, 0.15) is 6.04 Å². The lowest BCUT2D eigenvalue weighted by molar-refractivity contribution is -0.158. The molecule has 0 aromatic heterocycles. The molecule has 0 bridgehead atoms. The SMILES string of the molecule is C=C1C[C@H](NC(=O)[C@@H]2CCCN3C(=O)CCN(NC(=O)c4ccccc4)C(=O)N23)[C@@H](OC(C)C)O1. The van der Waals surface area contributed by atoms with Crippen molar-refractivity contribution < 1.29 is 28.7 Å². The van der Waals surface area contributed by atoms with E-state index in [1.807, 2.05) is 13.8 Å². The number of urea groups is 1. The molecular formula is C24H31N5O6. The zero-order valence-corrected chi connectivity index (χ0v) is 19.9. The van der Waals surface area contributed by atoms with Gasteiger partial charge in [-0.15, -0.1) is 0 Å². The average molecular weight is 486 g/mol. The van der Waals surface area contributed by atoms with E-state index in [1.165, 1.54) is 10.0 Å². The smallest absolute Gasteiger partial charge is 0.358 e. The predicted octanol–water partition coefficient (Wildman–Crippen LogP) is 1.54. The van der Waals surface area contributed by atoms with Crippen molar-refractivity contribution in [3.05, 3.63) is 48.2 Å². The number of hydrogen-bond acceptors (Lipinski definition) is 6. The molecule has 1 aromatic carbocycles. The third kappa shape index (κ3) is 5.40. The first-order chi connectivity index (χ1) is 16.7. The van der Waals surface area contributed by atoms with E-state index in [1.54, 1.807) is 30.3 Å². The molecule has 0 unspecified atom stereocenters. The third-order valence-electron chi connectivity index (χ3n) is 6.03. The second-order valence-corrected chi connectivity index (χ2v) is 9.04. The van der Waals surface area contributed by atoms with Gasteiger partial charge in [0.2, 0.25) is 18.1 Å². The lowest BCUT2D eigenvalue weighted by atomic mass is 10.1. The van der Waals surface area contributed by atoms with Crippen LogP contribution in [0.25, 0.3) is 0 Å². The number of benzene rings is 1. The molecule has 0 aliphatic carbocycles. The molecule has 3 aliphatic heterocycles. The van der Waals surface area contributed by atoms with Crippen LogP contribution in [0, 0.1) is 0 Å². The van der Waals surface area contributed by atoms with Gasteiger partial charge in [-0.05, 0) is 38.8 Å². The van der Waals surface area contributed by atoms with Crippen LogP contribution in [0.5, 0.6) is 0 Å². The van der Waals surface area contributed by atoms with E-state index in [9.17, 15) is 19.2 Å². The van der Waals surface area contributed by atoms with Crippen LogP contribution < -0.4 is 10.7 Å². The van der Waals surface area contributed by atoms with Gasteiger partial charge < -0.3 is 14.8 Å². The molecule has 3 fully saturated rings. The topological polar surface area (TPSA) is 121 Å². The predicted molar refractivity (Wildman–Crippen MR) is 124 cm³/mol. The first kappa shape index (κ1) is 24.5. The quantitative estimate of drug-likeness (QED) is 0.631. The zero-order valence-electron chi connectivity index (χ0n) is 19.9. The largest absolute Gasteiger partial charge is 0.468 e. The van der Waals surface area contributed by atoms with Gasteiger partial charge in [0.05, 0.1) is 24.4 Å². The van der Waals surface area contributed by atoms with Crippen LogP contribution in [0.4, 0.5) is 4.79 Å². The molecule has 11 nitrogen and oxygen atoms in total. The summed E-state index contributed by atoms with van der Waals surface area (Å²) in [5, 5.41) is 6.50. The monoisotopic (exact) mass is 485 g/mol. The second-order valence-electron chi connectivity index (χ2n) is 9.04. The van der Waals surface area contributed by atoms with Crippen LogP contribution in [0.15, 0.2) is 42.7 Å². The number of hydrogen-bond donors (Lipinski definition) is 2. The Morgan fingerprint density at radius 3 is 2.63 bits per heavy atom. The molecule has 11 heteroatoms. The number of rotatable bonds is 6. The Bertz CT molecular complexity index is 999. The minimum atomic E-state index is -0.928. The average Bonchev–Trinajstić information content (AvgIpc) is 3.12. The van der Waals surface area contributed by atoms with Crippen LogP contribution in [0.3, 0.4) is 0 Å². The Balaban J connectivity index is 1.51. The van der Waals surface area contributed by atoms with Crippen molar-refractivity contribution in [2.75, 3.05) is 13.1 Å². The molecule has 3 aliphatic rings. The zero-order chi connectivity index (χ0) is 25.1. The highest BCUT2D eigenvalue weighted by atomic mass is 16.7. The van der Waals surface area contributed by atoms with Gasteiger partial charge in [0, 0.05) is 24.9 Å². The van der Waals surface area contributed by atoms with Gasteiger partial charge in [0.25, 0.3) is 5.91 Å². The Labute approximate surface area is 203 Å². The summed E-state index contributed by atoms with van der Waals surface area (Å²) in [5.74, 6) is -0.686. The molecule has 3 heterocycles. The van der Waals surface area contributed by atoms with Crippen LogP contribution in [0.2, 0.25) is 0 Å². The van der Waals surface area contributed by atoms with E-state index in [2.05, 4.69) is 17.3 Å². The third-order valence-corrected chi connectivity index (χ3v) is 6.03. The summed E-state index contributed by atoms with van der Waals surface area (Å²) in [6, 6.07) is 6.42. The molecule has 1 aromatic rings. The number of ether oxygens (including phenoxy) is 2. The standard InChI is InChI=1S/C24H31N5O6/c1-15(2)34-23-18(14-16(3)35-23)25-22(32)19-10-7-12-28-20(30)11-13-27(24(33)29(19)28)26-21(31)17-8-5-4-6-9-17/h4-6,8-9,15,18-19,23H,3,7,10-14H2,1-2H3,(H,25,32)(H,26,31)/t18-,19-,23-/m0/s1. The molecule has 35 heavy (non-hydrogen) atoms. The van der Waals surface area contributed by atoms with Crippen molar-refractivity contribution >= 4 is 23.8 Å². The van der Waals surface area contributed by atoms with Gasteiger partial charge in [-0.2, -0.15) is 0 Å². The molecule has 3 atom stereocenters. The van der Waals surface area contributed by atoms with Gasteiger partial charge in [-0.1, -0.05) is 24.8 Å². The van der Waals surface area contributed by atoms with E-state index in [-0.39, 0.29) is 25.0 Å². The molecule has 4 rings (SSSR count). The minimum absolute atomic E-state index is 0.00181. The van der Waals surface area contributed by atoms with E-state index in [0.717, 1.165) is 5.01 Å². The fraction of sp³-hybridized carbons (Fsp3) is 0.500. The Kier molecular flexibility index (Phi) is 7.25. The number of nitrogens with zero attached hydrogens (tertiary/aromatic N) is 3. The highest BCUT2D eigenvalue weighted by molar-refractivity contribution is 5.96. The molecular weight excluding hydrogens is 454 g/mol. The summed E-state index contributed by atoms with van der Waals surface area (Å²) in [7, 11) is 0. The Morgan fingerprint density at radius 1 is 1.17 bits per heavy atom. The van der Waals surface area contributed by atoms with Gasteiger partial charge in [-0.3, -0.25) is 19.8 Å². The molecule has 2 N–H and O–H groups in total. The summed E-state index contributed by atoms with van der Waals surface area (Å²) in [6.07, 6.45) is 0.518. The van der Waals surface area contributed by atoms with E-state index < -0.39 is 36.2 Å². The number of amides is 5. The summed E-state index contributed by atoms with van der Waals surface area (Å²) in [5.41, 5.74) is 2.96. The van der Waals surface area contributed by atoms with Gasteiger partial charge in [-0.25, -0.2) is 19.8 Å². The number of carbonyl (C=O) groups is 4. The normalized spacial score (nSPS) is 24.7. The first-order valence-corrected chi connectivity index (χ1v) is 11.8. The van der Waals surface area contributed by atoms with Crippen molar-refractivity contribution in [1.82, 2.24) is 25.8 Å². The maximum Gasteiger partial charge on any atom is 0.358 e. The van der Waals surface area contributed by atoms with Crippen LogP contribution >= 0.6 is 0 Å². The maximum atomic E-state index is 13.5. The summed E-state index contributed by atoms with van der Waals surface area (Å²) in [4.78, 5) is 52.4. The number of carbonyl (C=O) groups excluding carboxylic acids is 4. The van der Waals surface area contributed by atoms with Crippen LogP contribution in [0.1, 0.15) is 49.9 Å². The van der Waals surface area contributed by atoms with Gasteiger partial charge in [0.15, 0.2) is 0 Å². The lowest BCUT2D eigenvalue weighted by Crippen LogP contribution is -2.65. The Hall–Kier alpha value is -3.60. The molecule has 5 amide bonds.